The van der Waals surface area contributed by atoms with E-state index in [-0.39, 0.29) is 11.9 Å². The van der Waals surface area contributed by atoms with Gasteiger partial charge in [-0.1, -0.05) is 0 Å². The Balaban J connectivity index is 1.51. The fourth-order valence-corrected chi connectivity index (χ4v) is 3.85. The molecule has 0 saturated carbocycles. The number of halogens is 1. The van der Waals surface area contributed by atoms with Crippen LogP contribution in [0, 0.1) is 0 Å². The van der Waals surface area contributed by atoms with Gasteiger partial charge in [0.05, 0.1) is 6.54 Å². The average Bonchev–Trinajstić information content (AvgIpc) is 2.95. The maximum Gasteiger partial charge on any atom is 0.236 e. The van der Waals surface area contributed by atoms with Gasteiger partial charge >= 0.3 is 0 Å². The van der Waals surface area contributed by atoms with Crippen LogP contribution in [-0.2, 0) is 11.3 Å². The third kappa shape index (κ3) is 5.19. The molecule has 0 unspecified atom stereocenters. The fourth-order valence-electron chi connectivity index (χ4n) is 3.85. The maximum absolute atomic E-state index is 14.0. The Bertz CT molecular complexity index is 552. The van der Waals surface area contributed by atoms with E-state index in [0.717, 1.165) is 31.5 Å². The smallest absolute Gasteiger partial charge is 0.236 e. The topological polar surface area (TPSA) is 52.6 Å². The van der Waals surface area contributed by atoms with Crippen LogP contribution in [0.5, 0.6) is 0 Å². The lowest BCUT2D eigenvalue weighted by Crippen LogP contribution is -2.45. The summed E-state index contributed by atoms with van der Waals surface area (Å²) in [7, 11) is 1.96. The van der Waals surface area contributed by atoms with Crippen LogP contribution >= 0.6 is 0 Å². The van der Waals surface area contributed by atoms with Crippen LogP contribution in [0.15, 0.2) is 18.7 Å². The van der Waals surface area contributed by atoms with Crippen molar-refractivity contribution < 1.29 is 9.18 Å². The van der Waals surface area contributed by atoms with E-state index < -0.39 is 6.17 Å². The molecule has 0 bridgehead atoms. The molecule has 1 aromatic rings. The molecule has 0 spiro atoms. The summed E-state index contributed by atoms with van der Waals surface area (Å²) >= 11 is 0. The summed E-state index contributed by atoms with van der Waals surface area (Å²) in [4.78, 5) is 26.6. The number of piperidine rings is 1. The number of carbonyl (C=O) groups excluding carboxylic acids is 1. The highest BCUT2D eigenvalue weighted by Crippen LogP contribution is 2.23. The van der Waals surface area contributed by atoms with Gasteiger partial charge in [0.1, 0.15) is 12.5 Å². The second-order valence-corrected chi connectivity index (χ2v) is 7.30. The molecular weight excluding hydrogens is 321 g/mol. The van der Waals surface area contributed by atoms with Crippen LogP contribution in [-0.4, -0.2) is 82.6 Å². The van der Waals surface area contributed by atoms with Gasteiger partial charge < -0.3 is 4.90 Å². The molecule has 2 atom stereocenters. The summed E-state index contributed by atoms with van der Waals surface area (Å²) in [5.41, 5.74) is 0.994. The maximum atomic E-state index is 14.0. The lowest BCUT2D eigenvalue weighted by molar-refractivity contribution is -0.133. The molecule has 0 radical (unpaired) electrons. The monoisotopic (exact) mass is 349 g/mol. The molecule has 7 heteroatoms. The molecule has 6 nitrogen and oxygen atoms in total. The van der Waals surface area contributed by atoms with Gasteiger partial charge in [-0.3, -0.25) is 14.6 Å². The van der Waals surface area contributed by atoms with Crippen molar-refractivity contribution in [3.05, 3.63) is 24.3 Å². The molecule has 138 valence electrons. The predicted molar refractivity (Wildman–Crippen MR) is 93.7 cm³/mol. The van der Waals surface area contributed by atoms with Crippen molar-refractivity contribution in [1.29, 1.82) is 0 Å². The zero-order valence-corrected chi connectivity index (χ0v) is 15.0. The minimum Gasteiger partial charge on any atom is -0.342 e. The summed E-state index contributed by atoms with van der Waals surface area (Å²) < 4.78 is 14.0. The quantitative estimate of drug-likeness (QED) is 0.776. The zero-order chi connectivity index (χ0) is 17.6. The molecule has 0 aromatic carbocycles. The Morgan fingerprint density at radius 1 is 1.28 bits per heavy atom. The van der Waals surface area contributed by atoms with E-state index in [1.807, 2.05) is 16.8 Å². The molecule has 1 aromatic heterocycles. The molecule has 2 fully saturated rings. The van der Waals surface area contributed by atoms with E-state index in [0.29, 0.717) is 32.6 Å². The first kappa shape index (κ1) is 18.2. The molecule has 2 aliphatic heterocycles. The van der Waals surface area contributed by atoms with E-state index in [1.165, 1.54) is 12.7 Å². The van der Waals surface area contributed by atoms with Gasteiger partial charge in [0, 0.05) is 56.7 Å². The molecule has 2 aliphatic rings. The molecule has 3 heterocycles. The van der Waals surface area contributed by atoms with Gasteiger partial charge in [0.15, 0.2) is 0 Å². The normalized spacial score (nSPS) is 24.8. The minimum atomic E-state index is -0.805. The van der Waals surface area contributed by atoms with Crippen molar-refractivity contribution in [2.45, 2.75) is 44.4 Å². The van der Waals surface area contributed by atoms with Crippen molar-refractivity contribution >= 4 is 5.91 Å². The SMILES string of the molecule is CN(CC(=O)N1CCCCC1)C[C@@H]1C[C@H](F)CN1Cc1cncnc1. The predicted octanol–water partition coefficient (Wildman–Crippen LogP) is 1.33. The summed E-state index contributed by atoms with van der Waals surface area (Å²) in [6, 6.07) is 0.120. The van der Waals surface area contributed by atoms with Crippen molar-refractivity contribution in [3.8, 4) is 0 Å². The Hall–Kier alpha value is -1.60. The molecule has 0 N–H and O–H groups in total. The number of nitrogens with zero attached hydrogens (tertiary/aromatic N) is 5. The van der Waals surface area contributed by atoms with Gasteiger partial charge in [-0.25, -0.2) is 14.4 Å². The van der Waals surface area contributed by atoms with Crippen molar-refractivity contribution in [3.63, 3.8) is 0 Å². The fraction of sp³-hybridized carbons (Fsp3) is 0.722. The van der Waals surface area contributed by atoms with Gasteiger partial charge in [-0.15, -0.1) is 0 Å². The number of alkyl halides is 1. The molecule has 0 aliphatic carbocycles. The molecule has 3 rings (SSSR count). The Kier molecular flexibility index (Phi) is 6.31. The van der Waals surface area contributed by atoms with Crippen molar-refractivity contribution in [1.82, 2.24) is 24.7 Å². The highest BCUT2D eigenvalue weighted by Gasteiger charge is 2.33. The van der Waals surface area contributed by atoms with E-state index in [1.54, 1.807) is 12.4 Å². The third-order valence-corrected chi connectivity index (χ3v) is 5.11. The number of hydrogen-bond acceptors (Lipinski definition) is 5. The van der Waals surface area contributed by atoms with E-state index in [4.69, 9.17) is 0 Å². The summed E-state index contributed by atoms with van der Waals surface area (Å²) in [6.45, 7) is 3.96. The lowest BCUT2D eigenvalue weighted by Gasteiger charge is -2.31. The van der Waals surface area contributed by atoms with Gasteiger partial charge in [0.2, 0.25) is 5.91 Å². The van der Waals surface area contributed by atoms with Crippen LogP contribution in [0.4, 0.5) is 4.39 Å². The first-order chi connectivity index (χ1) is 12.1. The van der Waals surface area contributed by atoms with Gasteiger partial charge in [-0.05, 0) is 32.7 Å². The lowest BCUT2D eigenvalue weighted by atomic mass is 10.1. The first-order valence-corrected chi connectivity index (χ1v) is 9.20. The summed E-state index contributed by atoms with van der Waals surface area (Å²) in [5, 5.41) is 0. The number of rotatable bonds is 6. The van der Waals surface area contributed by atoms with Crippen LogP contribution in [0.25, 0.3) is 0 Å². The van der Waals surface area contributed by atoms with E-state index in [2.05, 4.69) is 14.9 Å². The van der Waals surface area contributed by atoms with Crippen molar-refractivity contribution in [2.24, 2.45) is 0 Å². The van der Waals surface area contributed by atoms with Crippen LogP contribution in [0.1, 0.15) is 31.2 Å². The molecule has 2 saturated heterocycles. The Morgan fingerprint density at radius 3 is 2.72 bits per heavy atom. The summed E-state index contributed by atoms with van der Waals surface area (Å²) in [6.07, 6.45) is 8.21. The summed E-state index contributed by atoms with van der Waals surface area (Å²) in [5.74, 6) is 0.194. The molecule has 25 heavy (non-hydrogen) atoms. The number of aromatic nitrogens is 2. The Morgan fingerprint density at radius 2 is 2.00 bits per heavy atom. The second-order valence-electron chi connectivity index (χ2n) is 7.30. The standard InChI is InChI=1S/C18H28FN5O/c1-22(13-18(25)23-5-3-2-4-6-23)12-17-7-16(19)11-24(17)10-15-8-20-14-21-9-15/h8-9,14,16-17H,2-7,10-13H2,1H3/t16-,17-/m0/s1. The Labute approximate surface area is 149 Å². The zero-order valence-electron chi connectivity index (χ0n) is 15.0. The highest BCUT2D eigenvalue weighted by molar-refractivity contribution is 5.78. The number of likely N-dealkylation sites (tertiary alicyclic amines) is 2. The highest BCUT2D eigenvalue weighted by atomic mass is 19.1. The minimum absolute atomic E-state index is 0.120. The second kappa shape index (κ2) is 8.67. The van der Waals surface area contributed by atoms with Crippen LogP contribution < -0.4 is 0 Å². The first-order valence-electron chi connectivity index (χ1n) is 9.20. The van der Waals surface area contributed by atoms with Gasteiger partial charge in [-0.2, -0.15) is 0 Å². The number of hydrogen-bond donors (Lipinski definition) is 0. The third-order valence-electron chi connectivity index (χ3n) is 5.11. The van der Waals surface area contributed by atoms with E-state index in [9.17, 15) is 9.18 Å². The van der Waals surface area contributed by atoms with Crippen LogP contribution in [0.3, 0.4) is 0 Å². The average molecular weight is 349 g/mol. The molecule has 1 amide bonds. The number of likely N-dealkylation sites (N-methyl/N-ethyl adjacent to an activating group) is 1. The van der Waals surface area contributed by atoms with Crippen molar-refractivity contribution in [2.75, 3.05) is 39.8 Å². The van der Waals surface area contributed by atoms with Crippen LogP contribution in [0.2, 0.25) is 0 Å². The largest absolute Gasteiger partial charge is 0.342 e. The number of amides is 1. The van der Waals surface area contributed by atoms with Gasteiger partial charge in [0.25, 0.3) is 0 Å². The number of carbonyl (C=O) groups is 1. The molecular formula is C18H28FN5O. The van der Waals surface area contributed by atoms with E-state index >= 15 is 0 Å².